The van der Waals surface area contributed by atoms with Crippen molar-refractivity contribution in [3.63, 3.8) is 0 Å². The second-order valence-corrected chi connectivity index (χ2v) is 6.03. The molecule has 1 aromatic carbocycles. The lowest BCUT2D eigenvalue weighted by Gasteiger charge is -2.25. The minimum absolute atomic E-state index is 0.323. The zero-order valence-electron chi connectivity index (χ0n) is 11.3. The first-order valence-corrected chi connectivity index (χ1v) is 7.86. The Balaban J connectivity index is 1.86. The van der Waals surface area contributed by atoms with Crippen LogP contribution < -0.4 is 5.73 Å². The average molecular weight is 279 g/mol. The molecule has 104 valence electrons. The van der Waals surface area contributed by atoms with Crippen molar-refractivity contribution in [2.45, 2.75) is 31.2 Å². The number of hydrogen-bond acceptors (Lipinski definition) is 4. The third kappa shape index (κ3) is 3.74. The summed E-state index contributed by atoms with van der Waals surface area (Å²) in [6.45, 7) is 0. The Labute approximate surface area is 118 Å². The van der Waals surface area contributed by atoms with E-state index in [1.165, 1.54) is 37.5 Å². The summed E-state index contributed by atoms with van der Waals surface area (Å²) in [6, 6.07) is 8.18. The molecule has 0 bridgehead atoms. The van der Waals surface area contributed by atoms with Crippen LogP contribution in [0.4, 0.5) is 0 Å². The van der Waals surface area contributed by atoms with Crippen LogP contribution in [0.5, 0.6) is 0 Å². The van der Waals surface area contributed by atoms with Gasteiger partial charge in [-0.05, 0) is 36.3 Å². The van der Waals surface area contributed by atoms with Crippen molar-refractivity contribution in [1.29, 1.82) is 0 Å². The summed E-state index contributed by atoms with van der Waals surface area (Å²) in [5, 5.41) is 0. The normalized spacial score (nSPS) is 19.6. The first kappa shape index (κ1) is 14.4. The van der Waals surface area contributed by atoms with Crippen LogP contribution in [0.15, 0.2) is 24.3 Å². The van der Waals surface area contributed by atoms with Crippen LogP contribution in [0.3, 0.4) is 0 Å². The topological polar surface area (TPSA) is 52.3 Å². The van der Waals surface area contributed by atoms with Crippen LogP contribution in [0.1, 0.15) is 29.9 Å². The maximum atomic E-state index is 11.2. The molecule has 2 atom stereocenters. The third-order valence-corrected chi connectivity index (χ3v) is 4.85. The molecule has 1 aliphatic carbocycles. The number of nitrogens with two attached hydrogens (primary N) is 1. The van der Waals surface area contributed by atoms with Crippen molar-refractivity contribution in [2.75, 3.05) is 18.6 Å². The number of esters is 1. The molecule has 2 unspecified atom stereocenters. The minimum Gasteiger partial charge on any atom is -0.468 e. The monoisotopic (exact) mass is 279 g/mol. The molecule has 1 aliphatic rings. The number of aryl methyl sites for hydroxylation is 1. The predicted octanol–water partition coefficient (Wildman–Crippen LogP) is 2.34. The molecule has 0 aliphatic heterocycles. The maximum absolute atomic E-state index is 11.2. The van der Waals surface area contributed by atoms with E-state index in [1.54, 1.807) is 11.8 Å². The second kappa shape index (κ2) is 6.96. The lowest BCUT2D eigenvalue weighted by Crippen LogP contribution is -2.34. The first-order valence-electron chi connectivity index (χ1n) is 6.71. The second-order valence-electron chi connectivity index (χ2n) is 4.96. The van der Waals surface area contributed by atoms with Gasteiger partial charge in [0.1, 0.15) is 6.04 Å². The summed E-state index contributed by atoms with van der Waals surface area (Å²) < 4.78 is 4.63. The number of ether oxygens (including phenoxy) is 1. The summed E-state index contributed by atoms with van der Waals surface area (Å²) >= 11 is 1.75. The predicted molar refractivity (Wildman–Crippen MR) is 79.4 cm³/mol. The zero-order chi connectivity index (χ0) is 13.7. The third-order valence-electron chi connectivity index (χ3n) is 3.61. The molecule has 0 aromatic heterocycles. The summed E-state index contributed by atoms with van der Waals surface area (Å²) in [7, 11) is 1.38. The molecule has 3 nitrogen and oxygen atoms in total. The van der Waals surface area contributed by atoms with Crippen LogP contribution in [-0.2, 0) is 16.0 Å². The van der Waals surface area contributed by atoms with Gasteiger partial charge in [0.15, 0.2) is 0 Å². The average Bonchev–Trinajstić information content (AvgIpc) is 2.46. The van der Waals surface area contributed by atoms with Gasteiger partial charge in [-0.3, -0.25) is 4.79 Å². The summed E-state index contributed by atoms with van der Waals surface area (Å²) in [4.78, 5) is 11.2. The molecule has 0 amide bonds. The number of hydrogen-bond donors (Lipinski definition) is 1. The van der Waals surface area contributed by atoms with Crippen molar-refractivity contribution < 1.29 is 9.53 Å². The molecule has 4 heteroatoms. The minimum atomic E-state index is -0.506. The van der Waals surface area contributed by atoms with Gasteiger partial charge < -0.3 is 10.5 Å². The van der Waals surface area contributed by atoms with Crippen LogP contribution in [0.25, 0.3) is 0 Å². The van der Waals surface area contributed by atoms with Crippen molar-refractivity contribution in [3.05, 3.63) is 35.4 Å². The van der Waals surface area contributed by atoms with Crippen molar-refractivity contribution in [2.24, 2.45) is 5.73 Å². The van der Waals surface area contributed by atoms with E-state index >= 15 is 0 Å². The van der Waals surface area contributed by atoms with E-state index in [9.17, 15) is 4.79 Å². The molecule has 1 aromatic rings. The van der Waals surface area contributed by atoms with Gasteiger partial charge in [-0.25, -0.2) is 0 Å². The molecule has 0 saturated carbocycles. The number of fused-ring (bicyclic) bond motifs is 1. The molecule has 0 heterocycles. The van der Waals surface area contributed by atoms with Crippen LogP contribution in [0.2, 0.25) is 0 Å². The summed E-state index contributed by atoms with van der Waals surface area (Å²) in [5.41, 5.74) is 8.71. The highest BCUT2D eigenvalue weighted by Gasteiger charge is 2.21. The number of carbonyl (C=O) groups is 1. The Kier molecular flexibility index (Phi) is 5.28. The van der Waals surface area contributed by atoms with Crippen molar-refractivity contribution in [1.82, 2.24) is 0 Å². The van der Waals surface area contributed by atoms with Gasteiger partial charge in [0, 0.05) is 11.5 Å². The Morgan fingerprint density at radius 1 is 1.53 bits per heavy atom. The molecular weight excluding hydrogens is 258 g/mol. The molecule has 0 spiro atoms. The SMILES string of the molecule is COC(=O)C(N)CSCC1CCCc2ccccc21. The Morgan fingerprint density at radius 3 is 3.11 bits per heavy atom. The smallest absolute Gasteiger partial charge is 0.323 e. The van der Waals surface area contributed by atoms with Crippen molar-refractivity contribution in [3.8, 4) is 0 Å². The van der Waals surface area contributed by atoms with Gasteiger partial charge in [0.2, 0.25) is 0 Å². The van der Waals surface area contributed by atoms with E-state index in [1.807, 2.05) is 0 Å². The van der Waals surface area contributed by atoms with Gasteiger partial charge >= 0.3 is 5.97 Å². The molecule has 0 saturated heterocycles. The molecule has 2 N–H and O–H groups in total. The van der Waals surface area contributed by atoms with E-state index in [2.05, 4.69) is 29.0 Å². The van der Waals surface area contributed by atoms with E-state index in [4.69, 9.17) is 5.73 Å². The molecule has 0 fully saturated rings. The summed E-state index contributed by atoms with van der Waals surface area (Å²) in [6.07, 6.45) is 3.68. The molecule has 2 rings (SSSR count). The Morgan fingerprint density at radius 2 is 2.32 bits per heavy atom. The van der Waals surface area contributed by atoms with Gasteiger partial charge in [-0.15, -0.1) is 0 Å². The maximum Gasteiger partial charge on any atom is 0.323 e. The van der Waals surface area contributed by atoms with Gasteiger partial charge in [0.25, 0.3) is 0 Å². The Hall–Kier alpha value is -1.00. The zero-order valence-corrected chi connectivity index (χ0v) is 12.1. The van der Waals surface area contributed by atoms with Gasteiger partial charge in [0.05, 0.1) is 7.11 Å². The molecule has 19 heavy (non-hydrogen) atoms. The lowest BCUT2D eigenvalue weighted by molar-refractivity contribution is -0.141. The highest BCUT2D eigenvalue weighted by Crippen LogP contribution is 2.33. The highest BCUT2D eigenvalue weighted by molar-refractivity contribution is 7.99. The standard InChI is InChI=1S/C15H21NO2S/c1-18-15(17)14(16)10-19-9-12-7-4-6-11-5-2-3-8-13(11)12/h2-3,5,8,12,14H,4,6-7,9-10,16H2,1H3. The van der Waals surface area contributed by atoms with Crippen LogP contribution >= 0.6 is 11.8 Å². The fraction of sp³-hybridized carbons (Fsp3) is 0.533. The van der Waals surface area contributed by atoms with E-state index in [-0.39, 0.29) is 5.97 Å². The van der Waals surface area contributed by atoms with Crippen molar-refractivity contribution >= 4 is 17.7 Å². The van der Waals surface area contributed by atoms with E-state index in [0.717, 1.165) is 5.75 Å². The number of carbonyl (C=O) groups excluding carboxylic acids is 1. The summed E-state index contributed by atoms with van der Waals surface area (Å²) in [5.74, 6) is 1.93. The molecular formula is C15H21NO2S. The number of methoxy groups -OCH3 is 1. The highest BCUT2D eigenvalue weighted by atomic mass is 32.2. The largest absolute Gasteiger partial charge is 0.468 e. The quantitative estimate of drug-likeness (QED) is 0.841. The lowest BCUT2D eigenvalue weighted by atomic mass is 9.84. The number of rotatable bonds is 5. The fourth-order valence-corrected chi connectivity index (χ4v) is 3.74. The van der Waals surface area contributed by atoms with Crippen LogP contribution in [0, 0.1) is 0 Å². The number of benzene rings is 1. The first-order chi connectivity index (χ1) is 9.22. The number of thioether (sulfide) groups is 1. The fourth-order valence-electron chi connectivity index (χ4n) is 2.58. The van der Waals surface area contributed by atoms with E-state index in [0.29, 0.717) is 11.7 Å². The molecule has 0 radical (unpaired) electrons. The Bertz CT molecular complexity index is 436. The van der Waals surface area contributed by atoms with Crippen LogP contribution in [-0.4, -0.2) is 30.6 Å². The van der Waals surface area contributed by atoms with E-state index < -0.39 is 6.04 Å². The van der Waals surface area contributed by atoms with Gasteiger partial charge in [-0.2, -0.15) is 11.8 Å². The van der Waals surface area contributed by atoms with Gasteiger partial charge in [-0.1, -0.05) is 24.3 Å².